The molecule has 0 aliphatic rings. The Balaban J connectivity index is 1.87. The van der Waals surface area contributed by atoms with E-state index >= 15 is 0 Å². The standard InChI is InChI=1S/C17H16BrClN2/c1-10-5-11(2)17(15(18)6-10)21-9-12-8-20-16-7-13(19)3-4-14(12)16/h3-8,20-21H,9H2,1-2H3. The number of benzene rings is 2. The van der Waals surface area contributed by atoms with Gasteiger partial charge in [0.15, 0.2) is 0 Å². The van der Waals surface area contributed by atoms with Crippen LogP contribution >= 0.6 is 27.5 Å². The SMILES string of the molecule is Cc1cc(C)c(NCc2c[nH]c3cc(Cl)ccc23)c(Br)c1. The number of aryl methyl sites for hydroxylation is 2. The van der Waals surface area contributed by atoms with E-state index in [0.29, 0.717) is 0 Å². The van der Waals surface area contributed by atoms with Gasteiger partial charge in [-0.05, 0) is 64.7 Å². The van der Waals surface area contributed by atoms with Crippen molar-refractivity contribution in [3.8, 4) is 0 Å². The fraction of sp³-hybridized carbons (Fsp3) is 0.176. The van der Waals surface area contributed by atoms with Crippen molar-refractivity contribution in [1.29, 1.82) is 0 Å². The van der Waals surface area contributed by atoms with Crippen LogP contribution < -0.4 is 5.32 Å². The second-order valence-electron chi connectivity index (χ2n) is 5.30. The topological polar surface area (TPSA) is 27.8 Å². The number of fused-ring (bicyclic) bond motifs is 1. The Morgan fingerprint density at radius 1 is 1.19 bits per heavy atom. The first-order valence-electron chi connectivity index (χ1n) is 6.81. The fourth-order valence-corrected chi connectivity index (χ4v) is 3.61. The molecule has 1 aromatic heterocycles. The van der Waals surface area contributed by atoms with Gasteiger partial charge in [-0.1, -0.05) is 23.7 Å². The highest BCUT2D eigenvalue weighted by molar-refractivity contribution is 9.10. The van der Waals surface area contributed by atoms with Gasteiger partial charge in [0.2, 0.25) is 0 Å². The number of rotatable bonds is 3. The van der Waals surface area contributed by atoms with Gasteiger partial charge in [-0.25, -0.2) is 0 Å². The van der Waals surface area contributed by atoms with Crippen LogP contribution in [-0.2, 0) is 6.54 Å². The Labute approximate surface area is 137 Å². The van der Waals surface area contributed by atoms with Crippen LogP contribution in [0.15, 0.2) is 41.0 Å². The van der Waals surface area contributed by atoms with Gasteiger partial charge in [-0.2, -0.15) is 0 Å². The Hall–Kier alpha value is -1.45. The number of hydrogen-bond acceptors (Lipinski definition) is 1. The molecule has 0 saturated heterocycles. The van der Waals surface area contributed by atoms with E-state index < -0.39 is 0 Å². The maximum Gasteiger partial charge on any atom is 0.0517 e. The maximum atomic E-state index is 6.02. The Morgan fingerprint density at radius 3 is 2.76 bits per heavy atom. The molecule has 2 nitrogen and oxygen atoms in total. The van der Waals surface area contributed by atoms with E-state index in [1.807, 2.05) is 18.3 Å². The molecule has 2 aromatic carbocycles. The van der Waals surface area contributed by atoms with Crippen LogP contribution in [0.25, 0.3) is 10.9 Å². The summed E-state index contributed by atoms with van der Waals surface area (Å²) in [5.41, 5.74) is 5.94. The number of H-pyrrole nitrogens is 1. The predicted octanol–water partition coefficient (Wildman–Crippen LogP) is 5.81. The summed E-state index contributed by atoms with van der Waals surface area (Å²) in [4.78, 5) is 3.27. The summed E-state index contributed by atoms with van der Waals surface area (Å²) in [7, 11) is 0. The molecule has 0 aliphatic carbocycles. The first-order chi connectivity index (χ1) is 10.0. The third-order valence-electron chi connectivity index (χ3n) is 3.62. The summed E-state index contributed by atoms with van der Waals surface area (Å²) in [6.45, 7) is 4.99. The van der Waals surface area contributed by atoms with Gasteiger partial charge in [-0.3, -0.25) is 0 Å². The molecule has 0 radical (unpaired) electrons. The molecule has 0 spiro atoms. The largest absolute Gasteiger partial charge is 0.380 e. The molecular formula is C17H16BrClN2. The Bertz CT molecular complexity index is 785. The highest BCUT2D eigenvalue weighted by Gasteiger charge is 2.07. The summed E-state index contributed by atoms with van der Waals surface area (Å²) < 4.78 is 1.10. The number of aromatic nitrogens is 1. The molecule has 3 rings (SSSR count). The average Bonchev–Trinajstić information content (AvgIpc) is 2.79. The molecule has 0 unspecified atom stereocenters. The molecular weight excluding hydrogens is 348 g/mol. The van der Waals surface area contributed by atoms with E-state index in [1.54, 1.807) is 0 Å². The minimum Gasteiger partial charge on any atom is -0.380 e. The zero-order chi connectivity index (χ0) is 15.0. The highest BCUT2D eigenvalue weighted by Crippen LogP contribution is 2.29. The average molecular weight is 364 g/mol. The smallest absolute Gasteiger partial charge is 0.0517 e. The van der Waals surface area contributed by atoms with Crippen molar-refractivity contribution in [2.24, 2.45) is 0 Å². The van der Waals surface area contributed by atoms with Crippen LogP contribution in [0.4, 0.5) is 5.69 Å². The highest BCUT2D eigenvalue weighted by atomic mass is 79.9. The zero-order valence-electron chi connectivity index (χ0n) is 11.9. The van der Waals surface area contributed by atoms with E-state index in [-0.39, 0.29) is 0 Å². The lowest BCUT2D eigenvalue weighted by molar-refractivity contribution is 1.14. The van der Waals surface area contributed by atoms with Crippen molar-refractivity contribution < 1.29 is 0 Å². The van der Waals surface area contributed by atoms with Crippen LogP contribution in [0.5, 0.6) is 0 Å². The van der Waals surface area contributed by atoms with Gasteiger partial charge < -0.3 is 10.3 Å². The van der Waals surface area contributed by atoms with Crippen molar-refractivity contribution in [3.05, 3.63) is 62.7 Å². The Morgan fingerprint density at radius 2 is 2.00 bits per heavy atom. The first kappa shape index (κ1) is 14.5. The summed E-state index contributed by atoms with van der Waals surface area (Å²) in [5, 5.41) is 5.47. The predicted molar refractivity (Wildman–Crippen MR) is 94.3 cm³/mol. The van der Waals surface area contributed by atoms with Crippen LogP contribution in [-0.4, -0.2) is 4.98 Å². The molecule has 3 aromatic rings. The normalized spacial score (nSPS) is 11.0. The minimum absolute atomic E-state index is 0.751. The van der Waals surface area contributed by atoms with Gasteiger partial charge in [0.25, 0.3) is 0 Å². The lowest BCUT2D eigenvalue weighted by atomic mass is 10.1. The van der Waals surface area contributed by atoms with Crippen molar-refractivity contribution >= 4 is 44.1 Å². The van der Waals surface area contributed by atoms with E-state index in [2.05, 4.69) is 58.3 Å². The van der Waals surface area contributed by atoms with Crippen LogP contribution in [0.3, 0.4) is 0 Å². The van der Waals surface area contributed by atoms with E-state index in [4.69, 9.17) is 11.6 Å². The summed E-state index contributed by atoms with van der Waals surface area (Å²) in [5.74, 6) is 0. The third-order valence-corrected chi connectivity index (χ3v) is 4.48. The van der Waals surface area contributed by atoms with Gasteiger partial charge in [0.1, 0.15) is 0 Å². The summed E-state index contributed by atoms with van der Waals surface area (Å²) in [6, 6.07) is 10.2. The molecule has 0 saturated carbocycles. The summed E-state index contributed by atoms with van der Waals surface area (Å²) in [6.07, 6.45) is 2.03. The van der Waals surface area contributed by atoms with Crippen LogP contribution in [0, 0.1) is 13.8 Å². The van der Waals surface area contributed by atoms with Crippen LogP contribution in [0.2, 0.25) is 5.02 Å². The molecule has 108 valence electrons. The number of aromatic amines is 1. The quantitative estimate of drug-likeness (QED) is 0.603. The number of hydrogen-bond donors (Lipinski definition) is 2. The van der Waals surface area contributed by atoms with E-state index in [9.17, 15) is 0 Å². The van der Waals surface area contributed by atoms with Gasteiger partial charge in [-0.15, -0.1) is 0 Å². The minimum atomic E-state index is 0.751. The maximum absolute atomic E-state index is 6.02. The molecule has 0 amide bonds. The lowest BCUT2D eigenvalue weighted by Gasteiger charge is -2.12. The monoisotopic (exact) mass is 362 g/mol. The van der Waals surface area contributed by atoms with Gasteiger partial charge in [0, 0.05) is 33.1 Å². The Kier molecular flexibility index (Phi) is 3.96. The number of anilines is 1. The molecule has 21 heavy (non-hydrogen) atoms. The summed E-state index contributed by atoms with van der Waals surface area (Å²) >= 11 is 9.65. The van der Waals surface area contributed by atoms with Crippen molar-refractivity contribution in [3.63, 3.8) is 0 Å². The zero-order valence-corrected chi connectivity index (χ0v) is 14.3. The number of halogens is 2. The molecule has 2 N–H and O–H groups in total. The fourth-order valence-electron chi connectivity index (χ4n) is 2.63. The van der Waals surface area contributed by atoms with E-state index in [0.717, 1.165) is 27.2 Å². The first-order valence-corrected chi connectivity index (χ1v) is 7.98. The second-order valence-corrected chi connectivity index (χ2v) is 6.59. The molecule has 1 heterocycles. The third kappa shape index (κ3) is 2.94. The second kappa shape index (κ2) is 5.74. The molecule has 0 bridgehead atoms. The molecule has 0 aliphatic heterocycles. The molecule has 0 atom stereocenters. The van der Waals surface area contributed by atoms with E-state index in [1.165, 1.54) is 22.1 Å². The van der Waals surface area contributed by atoms with Crippen molar-refractivity contribution in [2.75, 3.05) is 5.32 Å². The molecule has 4 heteroatoms. The van der Waals surface area contributed by atoms with Crippen LogP contribution in [0.1, 0.15) is 16.7 Å². The number of nitrogens with one attached hydrogen (secondary N) is 2. The van der Waals surface area contributed by atoms with Crippen molar-refractivity contribution in [2.45, 2.75) is 20.4 Å². The molecule has 0 fully saturated rings. The lowest BCUT2D eigenvalue weighted by Crippen LogP contribution is -2.01. The van der Waals surface area contributed by atoms with Gasteiger partial charge in [0.05, 0.1) is 5.69 Å². The van der Waals surface area contributed by atoms with Gasteiger partial charge >= 0.3 is 0 Å². The van der Waals surface area contributed by atoms with Crippen molar-refractivity contribution in [1.82, 2.24) is 4.98 Å².